The molecule has 2 aliphatic heterocycles. The molecule has 6 atom stereocenters. The van der Waals surface area contributed by atoms with Crippen LogP contribution in [0.5, 0.6) is 11.5 Å². The van der Waals surface area contributed by atoms with Crippen molar-refractivity contribution in [3.8, 4) is 11.5 Å². The Morgan fingerprint density at radius 1 is 0.662 bits per heavy atom. The number of methoxy groups -OCH3 is 4. The highest BCUT2D eigenvalue weighted by Crippen LogP contribution is 2.42. The molecule has 0 saturated carbocycles. The van der Waals surface area contributed by atoms with E-state index in [1.807, 2.05) is 30.3 Å². The molecular weight excluding hydrogens is 917 g/mol. The second kappa shape index (κ2) is 24.1. The van der Waals surface area contributed by atoms with E-state index in [-0.39, 0.29) is 29.9 Å². The third-order valence-corrected chi connectivity index (χ3v) is 11.7. The minimum absolute atomic E-state index is 0.126. The summed E-state index contributed by atoms with van der Waals surface area (Å²) in [6, 6.07) is 8.55. The summed E-state index contributed by atoms with van der Waals surface area (Å²) in [6.07, 6.45) is 1.11. The fourth-order valence-corrected chi connectivity index (χ4v) is 8.61. The number of aromatic amines is 2. The number of aromatic nitrogens is 2. The van der Waals surface area contributed by atoms with Gasteiger partial charge in [0.25, 0.3) is 0 Å². The lowest BCUT2D eigenvalue weighted by Crippen LogP contribution is -2.57. The second-order valence-electron chi connectivity index (χ2n) is 20.7. The van der Waals surface area contributed by atoms with Gasteiger partial charge in [-0.05, 0) is 115 Å². The lowest BCUT2D eigenvalue weighted by molar-refractivity contribution is -0.157. The molecule has 4 aromatic rings. The van der Waals surface area contributed by atoms with E-state index in [0.29, 0.717) is 30.9 Å². The van der Waals surface area contributed by atoms with Gasteiger partial charge in [-0.1, -0.05) is 27.7 Å². The number of benzene rings is 2. The summed E-state index contributed by atoms with van der Waals surface area (Å²) in [5.74, 6) is 0.132. The van der Waals surface area contributed by atoms with Gasteiger partial charge in [0.1, 0.15) is 46.9 Å². The first kappa shape index (κ1) is 57.1. The number of ether oxygens (including phenoxy) is 6. The number of esters is 2. The topological polar surface area (TPSA) is 249 Å². The van der Waals surface area contributed by atoms with Gasteiger partial charge in [-0.25, -0.2) is 14.4 Å². The molecule has 0 unspecified atom stereocenters. The highest BCUT2D eigenvalue weighted by Gasteiger charge is 2.45. The van der Waals surface area contributed by atoms with Crippen LogP contribution in [-0.2, 0) is 51.0 Å². The zero-order chi connectivity index (χ0) is 53.3. The van der Waals surface area contributed by atoms with Crippen LogP contribution < -0.4 is 25.4 Å². The number of alkyl carbamates (subject to hydrolysis) is 2. The molecule has 0 bridgehead atoms. The molecule has 71 heavy (non-hydrogen) atoms. The number of carbonyl (C=O) groups is 6. The fraction of sp³-hybridized carbons (Fsp3) is 0.577. The summed E-state index contributed by atoms with van der Waals surface area (Å²) in [6.45, 7) is 21.9. The summed E-state index contributed by atoms with van der Waals surface area (Å²) in [5, 5.41) is 18.8. The van der Waals surface area contributed by atoms with Crippen LogP contribution in [0, 0.1) is 11.8 Å². The monoisotopic (exact) mass is 993 g/mol. The van der Waals surface area contributed by atoms with E-state index in [1.54, 1.807) is 67.6 Å². The molecule has 6 rings (SSSR count). The lowest BCUT2D eigenvalue weighted by atomic mass is 9.87. The molecule has 0 saturated heterocycles. The van der Waals surface area contributed by atoms with E-state index in [1.165, 1.54) is 32.4 Å². The Morgan fingerprint density at radius 2 is 1.13 bits per heavy atom. The number of hydrogen-bond donors (Lipinski definition) is 6. The van der Waals surface area contributed by atoms with Crippen molar-refractivity contribution < 1.29 is 62.3 Å². The number of H-pyrrole nitrogens is 2. The van der Waals surface area contributed by atoms with E-state index in [0.717, 1.165) is 45.2 Å². The molecule has 0 spiro atoms. The maximum Gasteiger partial charge on any atom is 0.408 e. The van der Waals surface area contributed by atoms with Gasteiger partial charge in [-0.3, -0.25) is 19.7 Å². The Kier molecular flexibility index (Phi) is 19.4. The van der Waals surface area contributed by atoms with Crippen LogP contribution in [0.25, 0.3) is 21.8 Å². The standard InChI is InChI=1S/C26H37N3O6.C18H24N2O3.C8H15NO4/c1-14(2)11-20-22-18(17-10-9-16(33-7)12-19(17)28-22)13-21(24(31)34-8)29(20)23(30)15(3)27-25(32)35-26(4,5)6;1-10(2)7-15-17-13(9-16(19-15)18(21)23-4)12-6-5-11(22-3)8-14(12)20-17;1-5(6(10)11)9-7(12)13-8(2,3)4/h9-10,12,14-15,20-21,28H,11,13H2,1-8H3,(H,27,32);5-6,8,10,15-16,19-20H,7,9H2,1-4H3;5H,1-4H3,(H,9,12)(H,10,11)/t15-,20-,21-;15-,16-;5-/m000/s1. The van der Waals surface area contributed by atoms with Gasteiger partial charge in [0.2, 0.25) is 5.91 Å². The first-order valence-electron chi connectivity index (χ1n) is 23.9. The molecule has 6 N–H and O–H groups in total. The Morgan fingerprint density at radius 3 is 1.56 bits per heavy atom. The van der Waals surface area contributed by atoms with E-state index in [2.05, 4.69) is 59.7 Å². The number of nitrogens with one attached hydrogen (secondary N) is 5. The molecular formula is C52H76N6O13. The quantitative estimate of drug-likeness (QED) is 0.0581. The SMILES string of the molecule is COC(=O)[C@@H]1Cc2c([nH]c3cc(OC)ccc23)[C@H](CC(C)C)N1.COC(=O)[C@@H]1Cc2c([nH]c3cc(OC)ccc23)[C@H](CC(C)C)N1C(=O)[C@H](C)NC(=O)OC(C)(C)C.C[C@H](NC(=O)OC(C)(C)C)C(=O)O. The number of hydrogen-bond acceptors (Lipinski definition) is 13. The molecule has 0 aliphatic carbocycles. The number of carboxylic acids is 1. The average molecular weight is 993 g/mol. The zero-order valence-corrected chi connectivity index (χ0v) is 44.2. The van der Waals surface area contributed by atoms with E-state index >= 15 is 0 Å². The number of aliphatic carboxylic acids is 1. The maximum atomic E-state index is 13.8. The predicted molar refractivity (Wildman–Crippen MR) is 268 cm³/mol. The van der Waals surface area contributed by atoms with Crippen LogP contribution in [0.1, 0.15) is 131 Å². The molecule has 0 radical (unpaired) electrons. The van der Waals surface area contributed by atoms with Gasteiger partial charge >= 0.3 is 30.1 Å². The van der Waals surface area contributed by atoms with Crippen molar-refractivity contribution >= 4 is 57.8 Å². The number of carbonyl (C=O) groups excluding carboxylic acids is 5. The minimum atomic E-state index is -1.09. The second-order valence-corrected chi connectivity index (χ2v) is 20.7. The maximum absolute atomic E-state index is 13.8. The van der Waals surface area contributed by atoms with Crippen LogP contribution >= 0.6 is 0 Å². The summed E-state index contributed by atoms with van der Waals surface area (Å²) in [7, 11) is 6.04. The van der Waals surface area contributed by atoms with Gasteiger partial charge in [0, 0.05) is 64.2 Å². The van der Waals surface area contributed by atoms with Gasteiger partial charge in [0.15, 0.2) is 0 Å². The average Bonchev–Trinajstić information content (AvgIpc) is 3.84. The first-order chi connectivity index (χ1) is 33.1. The zero-order valence-electron chi connectivity index (χ0n) is 44.2. The Bertz CT molecular complexity index is 2520. The van der Waals surface area contributed by atoms with Crippen molar-refractivity contribution in [2.75, 3.05) is 28.4 Å². The lowest BCUT2D eigenvalue weighted by Gasteiger charge is -2.42. The van der Waals surface area contributed by atoms with Gasteiger partial charge in [-0.15, -0.1) is 0 Å². The molecule has 4 heterocycles. The van der Waals surface area contributed by atoms with Crippen molar-refractivity contribution in [1.29, 1.82) is 0 Å². The molecule has 2 aliphatic rings. The highest BCUT2D eigenvalue weighted by atomic mass is 16.6. The number of amides is 3. The van der Waals surface area contributed by atoms with Crippen molar-refractivity contribution in [3.05, 3.63) is 58.9 Å². The summed E-state index contributed by atoms with van der Waals surface area (Å²) in [4.78, 5) is 81.0. The smallest absolute Gasteiger partial charge is 0.408 e. The fourth-order valence-electron chi connectivity index (χ4n) is 8.61. The third-order valence-electron chi connectivity index (χ3n) is 11.7. The normalized spacial score (nSPS) is 18.3. The van der Waals surface area contributed by atoms with Crippen molar-refractivity contribution in [3.63, 3.8) is 0 Å². The van der Waals surface area contributed by atoms with Crippen molar-refractivity contribution in [1.82, 2.24) is 30.8 Å². The van der Waals surface area contributed by atoms with Crippen molar-refractivity contribution in [2.45, 2.75) is 156 Å². The minimum Gasteiger partial charge on any atom is -0.497 e. The van der Waals surface area contributed by atoms with Crippen molar-refractivity contribution in [2.24, 2.45) is 11.8 Å². The van der Waals surface area contributed by atoms with Gasteiger partial charge in [-0.2, -0.15) is 0 Å². The molecule has 3 amide bonds. The Labute approximate surface area is 416 Å². The number of fused-ring (bicyclic) bond motifs is 6. The molecule has 2 aromatic heterocycles. The van der Waals surface area contributed by atoms with Crippen LogP contribution in [0.3, 0.4) is 0 Å². The van der Waals surface area contributed by atoms with E-state index in [9.17, 15) is 28.8 Å². The summed E-state index contributed by atoms with van der Waals surface area (Å²) in [5.41, 5.74) is 4.89. The van der Waals surface area contributed by atoms with Crippen LogP contribution in [0.2, 0.25) is 0 Å². The van der Waals surface area contributed by atoms with E-state index in [4.69, 9.17) is 33.5 Å². The number of nitrogens with zero attached hydrogens (tertiary/aromatic N) is 1. The van der Waals surface area contributed by atoms with Gasteiger partial charge in [0.05, 0.1) is 34.5 Å². The van der Waals surface area contributed by atoms with Gasteiger partial charge < -0.3 is 59.0 Å². The third kappa shape index (κ3) is 15.2. The number of rotatable bonds is 12. The Hall–Kier alpha value is -6.50. The molecule has 2 aromatic carbocycles. The molecule has 392 valence electrons. The first-order valence-corrected chi connectivity index (χ1v) is 23.9. The van der Waals surface area contributed by atoms with E-state index < -0.39 is 59.5 Å². The highest BCUT2D eigenvalue weighted by molar-refractivity contribution is 5.93. The summed E-state index contributed by atoms with van der Waals surface area (Å²) < 4.78 is 30.9. The molecule has 0 fully saturated rings. The van der Waals surface area contributed by atoms with Crippen LogP contribution in [0.4, 0.5) is 9.59 Å². The largest absolute Gasteiger partial charge is 0.497 e. The molecule has 19 heteroatoms. The number of carboxylic acid groups (broad SMARTS) is 1. The van der Waals surface area contributed by atoms with Crippen LogP contribution in [0.15, 0.2) is 36.4 Å². The predicted octanol–water partition coefficient (Wildman–Crippen LogP) is 8.04. The Balaban J connectivity index is 0.000000260. The molecule has 19 nitrogen and oxygen atoms in total. The van der Waals surface area contributed by atoms with Crippen LogP contribution in [-0.4, -0.2) is 120 Å². The summed E-state index contributed by atoms with van der Waals surface area (Å²) >= 11 is 0.